The van der Waals surface area contributed by atoms with Crippen LogP contribution in [0.4, 0.5) is 5.69 Å². The van der Waals surface area contributed by atoms with Gasteiger partial charge in [-0.3, -0.25) is 9.36 Å². The number of thioether (sulfide) groups is 1. The second-order valence-electron chi connectivity index (χ2n) is 6.70. The Hall–Kier alpha value is -2.77. The van der Waals surface area contributed by atoms with Crippen molar-refractivity contribution in [3.63, 3.8) is 0 Å². The summed E-state index contributed by atoms with van der Waals surface area (Å²) in [4.78, 5) is 12.4. The molecule has 8 heteroatoms. The summed E-state index contributed by atoms with van der Waals surface area (Å²) >= 11 is 7.28. The predicted octanol–water partition coefficient (Wildman–Crippen LogP) is 5.04. The van der Waals surface area contributed by atoms with Crippen molar-refractivity contribution >= 4 is 35.0 Å². The fourth-order valence-electron chi connectivity index (χ4n) is 2.78. The molecule has 3 rings (SSSR count). The Kier molecular flexibility index (Phi) is 7.54. The lowest BCUT2D eigenvalue weighted by molar-refractivity contribution is -0.113. The van der Waals surface area contributed by atoms with E-state index in [1.54, 1.807) is 18.2 Å². The van der Waals surface area contributed by atoms with Gasteiger partial charge in [0.15, 0.2) is 11.0 Å². The van der Waals surface area contributed by atoms with E-state index >= 15 is 0 Å². The predicted molar refractivity (Wildman–Crippen MR) is 121 cm³/mol. The largest absolute Gasteiger partial charge is 0.486 e. The quantitative estimate of drug-likeness (QED) is 0.371. The number of nitrogens with zero attached hydrogens (tertiary/aromatic N) is 3. The SMILES string of the molecule is C=CCn1c(COc2cccc(C)c2)nnc1SCC(=O)Nc1ccc(Cl)cc1C. The number of hydrogen-bond donors (Lipinski definition) is 1. The maximum absolute atomic E-state index is 12.4. The average Bonchev–Trinajstić information content (AvgIpc) is 3.09. The first kappa shape index (κ1) is 21.9. The van der Waals surface area contributed by atoms with Gasteiger partial charge in [0.2, 0.25) is 5.91 Å². The van der Waals surface area contributed by atoms with Gasteiger partial charge in [0.05, 0.1) is 5.75 Å². The second-order valence-corrected chi connectivity index (χ2v) is 8.08. The van der Waals surface area contributed by atoms with Crippen LogP contribution >= 0.6 is 23.4 Å². The highest BCUT2D eigenvalue weighted by Gasteiger charge is 2.14. The van der Waals surface area contributed by atoms with Gasteiger partial charge in [0, 0.05) is 17.3 Å². The molecule has 0 unspecified atom stereocenters. The van der Waals surface area contributed by atoms with Crippen molar-refractivity contribution in [3.05, 3.63) is 77.1 Å². The number of benzene rings is 2. The minimum absolute atomic E-state index is 0.129. The number of rotatable bonds is 9. The van der Waals surface area contributed by atoms with Gasteiger partial charge in [-0.25, -0.2) is 0 Å². The number of ether oxygens (including phenoxy) is 1. The van der Waals surface area contributed by atoms with Crippen molar-refractivity contribution < 1.29 is 9.53 Å². The summed E-state index contributed by atoms with van der Waals surface area (Å²) in [5.41, 5.74) is 2.77. The molecule has 30 heavy (non-hydrogen) atoms. The van der Waals surface area contributed by atoms with Crippen molar-refractivity contribution in [1.29, 1.82) is 0 Å². The molecule has 0 aliphatic heterocycles. The lowest BCUT2D eigenvalue weighted by Crippen LogP contribution is -2.15. The smallest absolute Gasteiger partial charge is 0.234 e. The maximum Gasteiger partial charge on any atom is 0.234 e. The Bertz CT molecular complexity index is 1050. The van der Waals surface area contributed by atoms with Crippen molar-refractivity contribution in [1.82, 2.24) is 14.8 Å². The highest BCUT2D eigenvalue weighted by atomic mass is 35.5. The van der Waals surface area contributed by atoms with Crippen molar-refractivity contribution in [2.45, 2.75) is 32.2 Å². The second kappa shape index (κ2) is 10.3. The lowest BCUT2D eigenvalue weighted by atomic mass is 10.2. The molecule has 0 atom stereocenters. The minimum Gasteiger partial charge on any atom is -0.486 e. The fraction of sp³-hybridized carbons (Fsp3) is 0.227. The Morgan fingerprint density at radius 2 is 2.10 bits per heavy atom. The molecule has 2 aromatic carbocycles. The molecule has 0 aliphatic carbocycles. The van der Waals surface area contributed by atoms with Gasteiger partial charge < -0.3 is 10.1 Å². The van der Waals surface area contributed by atoms with Crippen molar-refractivity contribution in [2.24, 2.45) is 0 Å². The highest BCUT2D eigenvalue weighted by Crippen LogP contribution is 2.22. The van der Waals surface area contributed by atoms with E-state index in [-0.39, 0.29) is 18.3 Å². The Balaban J connectivity index is 1.62. The van der Waals surface area contributed by atoms with Gasteiger partial charge in [0.25, 0.3) is 0 Å². The zero-order valence-corrected chi connectivity index (χ0v) is 18.5. The Morgan fingerprint density at radius 3 is 2.83 bits per heavy atom. The molecule has 1 heterocycles. The molecule has 0 fully saturated rings. The maximum atomic E-state index is 12.4. The van der Waals surface area contributed by atoms with E-state index in [1.165, 1.54) is 11.8 Å². The van der Waals surface area contributed by atoms with Gasteiger partial charge in [-0.1, -0.05) is 41.6 Å². The molecule has 0 saturated carbocycles. The molecule has 0 bridgehead atoms. The number of anilines is 1. The molecular weight excluding hydrogens is 420 g/mol. The summed E-state index contributed by atoms with van der Waals surface area (Å²) in [7, 11) is 0. The summed E-state index contributed by atoms with van der Waals surface area (Å²) in [6, 6.07) is 13.2. The van der Waals surface area contributed by atoms with Crippen LogP contribution in [0.3, 0.4) is 0 Å². The van der Waals surface area contributed by atoms with Crippen LogP contribution in [0.5, 0.6) is 5.75 Å². The van der Waals surface area contributed by atoms with Crippen LogP contribution in [0, 0.1) is 13.8 Å². The number of allylic oxidation sites excluding steroid dienone is 1. The Morgan fingerprint density at radius 1 is 1.27 bits per heavy atom. The van der Waals surface area contributed by atoms with E-state index in [0.717, 1.165) is 22.6 Å². The van der Waals surface area contributed by atoms with Crippen molar-refractivity contribution in [3.8, 4) is 5.75 Å². The van der Waals surface area contributed by atoms with E-state index in [2.05, 4.69) is 22.1 Å². The Labute approximate surface area is 185 Å². The molecule has 6 nitrogen and oxygen atoms in total. The number of aromatic nitrogens is 3. The summed E-state index contributed by atoms with van der Waals surface area (Å²) < 4.78 is 7.74. The van der Waals surface area contributed by atoms with E-state index in [9.17, 15) is 4.79 Å². The third-order valence-electron chi connectivity index (χ3n) is 4.26. The monoisotopic (exact) mass is 442 g/mol. The number of halogens is 1. The van der Waals surface area contributed by atoms with Crippen LogP contribution < -0.4 is 10.1 Å². The third kappa shape index (κ3) is 5.87. The number of amides is 1. The van der Waals surface area contributed by atoms with Gasteiger partial charge in [-0.05, 0) is 55.3 Å². The zero-order chi connectivity index (χ0) is 21.5. The first-order valence-corrected chi connectivity index (χ1v) is 10.7. The number of carbonyl (C=O) groups is 1. The fourth-order valence-corrected chi connectivity index (χ4v) is 3.78. The van der Waals surface area contributed by atoms with Crippen LogP contribution in [-0.2, 0) is 17.9 Å². The van der Waals surface area contributed by atoms with E-state index in [1.807, 2.05) is 48.7 Å². The number of hydrogen-bond acceptors (Lipinski definition) is 5. The molecule has 3 aromatic rings. The summed E-state index contributed by atoms with van der Waals surface area (Å²) in [6.45, 7) is 8.52. The zero-order valence-electron chi connectivity index (χ0n) is 16.9. The summed E-state index contributed by atoms with van der Waals surface area (Å²) in [6.07, 6.45) is 1.76. The van der Waals surface area contributed by atoms with E-state index in [4.69, 9.17) is 16.3 Å². The first-order chi connectivity index (χ1) is 14.5. The molecule has 1 amide bonds. The molecule has 156 valence electrons. The minimum atomic E-state index is -0.129. The topological polar surface area (TPSA) is 69.0 Å². The van der Waals surface area contributed by atoms with Crippen LogP contribution in [0.25, 0.3) is 0 Å². The van der Waals surface area contributed by atoms with Crippen LogP contribution in [-0.4, -0.2) is 26.4 Å². The lowest BCUT2D eigenvalue weighted by Gasteiger charge is -2.10. The molecule has 0 saturated heterocycles. The molecule has 1 aromatic heterocycles. The third-order valence-corrected chi connectivity index (χ3v) is 5.46. The summed E-state index contributed by atoms with van der Waals surface area (Å²) in [5.74, 6) is 1.52. The van der Waals surface area contributed by atoms with Gasteiger partial charge >= 0.3 is 0 Å². The number of carbonyl (C=O) groups excluding carboxylic acids is 1. The van der Waals surface area contributed by atoms with Gasteiger partial charge in [0.1, 0.15) is 12.4 Å². The molecular formula is C22H23ClN4O2S. The molecule has 1 N–H and O–H groups in total. The first-order valence-electron chi connectivity index (χ1n) is 9.37. The normalized spacial score (nSPS) is 10.6. The van der Waals surface area contributed by atoms with Crippen molar-refractivity contribution in [2.75, 3.05) is 11.1 Å². The highest BCUT2D eigenvalue weighted by molar-refractivity contribution is 7.99. The molecule has 0 aliphatic rings. The summed E-state index contributed by atoms with van der Waals surface area (Å²) in [5, 5.41) is 12.6. The van der Waals surface area contributed by atoms with E-state index < -0.39 is 0 Å². The van der Waals surface area contributed by atoms with Gasteiger partial charge in [-0.2, -0.15) is 0 Å². The van der Waals surface area contributed by atoms with Gasteiger partial charge in [-0.15, -0.1) is 16.8 Å². The van der Waals surface area contributed by atoms with Crippen LogP contribution in [0.15, 0.2) is 60.3 Å². The number of nitrogens with one attached hydrogen (secondary N) is 1. The standard InChI is InChI=1S/C22H23ClN4O2S/c1-4-10-27-20(13-29-18-7-5-6-15(2)11-18)25-26-22(27)30-14-21(28)24-19-9-8-17(23)12-16(19)3/h4-9,11-12H,1,10,13-14H2,2-3H3,(H,24,28). The number of aryl methyl sites for hydroxylation is 2. The van der Waals surface area contributed by atoms with Crippen LogP contribution in [0.2, 0.25) is 5.02 Å². The van der Waals surface area contributed by atoms with E-state index in [0.29, 0.717) is 22.5 Å². The van der Waals surface area contributed by atoms with Crippen LogP contribution in [0.1, 0.15) is 17.0 Å². The molecule has 0 radical (unpaired) electrons. The molecule has 0 spiro atoms. The average molecular weight is 443 g/mol.